The van der Waals surface area contributed by atoms with E-state index in [0.717, 1.165) is 16.8 Å². The molecule has 2 aliphatic heterocycles. The van der Waals surface area contributed by atoms with Gasteiger partial charge in [-0.25, -0.2) is 19.8 Å². The van der Waals surface area contributed by atoms with E-state index in [1.165, 1.54) is 32.4 Å². The minimum absolute atomic E-state index is 0.0457. The largest absolute Gasteiger partial charge is 0.575 e. The molecule has 2 aliphatic rings. The lowest BCUT2D eigenvalue weighted by Gasteiger charge is -2.35. The molecule has 3 N–H and O–H groups in total. The topological polar surface area (TPSA) is 159 Å². The maximum absolute atomic E-state index is 15.4. The molecule has 0 saturated carbocycles. The van der Waals surface area contributed by atoms with E-state index in [4.69, 9.17) is 19.8 Å². The summed E-state index contributed by atoms with van der Waals surface area (Å²) in [6, 6.07) is 4.49. The van der Waals surface area contributed by atoms with E-state index in [2.05, 4.69) is 9.48 Å². The number of nitrogens with two attached hydrogens (primary N) is 1. The summed E-state index contributed by atoms with van der Waals surface area (Å²) in [6.45, 7) is 2.36. The Morgan fingerprint density at radius 2 is 2.15 bits per heavy atom. The molecule has 0 bridgehead atoms. The number of ether oxygens (including phenoxy) is 3. The fraction of sp³-hybridized carbons (Fsp3) is 0.500. The molecule has 0 radical (unpaired) electrons. The van der Waals surface area contributed by atoms with Crippen LogP contribution in [0.4, 0.5) is 9.18 Å². The molecule has 2 amide bonds. The van der Waals surface area contributed by atoms with Gasteiger partial charge in [-0.1, -0.05) is 16.9 Å². The highest BCUT2D eigenvalue weighted by Gasteiger charge is 2.57. The van der Waals surface area contributed by atoms with Gasteiger partial charge in [0.25, 0.3) is 0 Å². The molecule has 0 aromatic heterocycles. The van der Waals surface area contributed by atoms with Crippen LogP contribution in [0.5, 0.6) is 11.5 Å². The third-order valence-corrected chi connectivity index (χ3v) is 6.13. The average molecular weight is 500 g/mol. The van der Waals surface area contributed by atoms with Crippen LogP contribution in [-0.2, 0) is 14.3 Å². The second kappa shape index (κ2) is 10.6. The normalized spacial score (nSPS) is 28.1. The van der Waals surface area contributed by atoms with Crippen molar-refractivity contribution in [2.75, 3.05) is 20.3 Å². The zero-order chi connectivity index (χ0) is 25.0. The summed E-state index contributed by atoms with van der Waals surface area (Å²) in [4.78, 5) is 36.9. The Morgan fingerprint density at radius 1 is 1.47 bits per heavy atom. The molecule has 1 fully saturated rings. The van der Waals surface area contributed by atoms with Gasteiger partial charge in [-0.2, -0.15) is 0 Å². The number of esters is 1. The number of halogens is 1. The number of benzene rings is 1. The smallest absolute Gasteiger partial charge is 0.395 e. The SMILES string of the molecule is COC(=O)[C@H](C)N=[P+]([O-])Oc1ccccc1OC[C@H]1O[C@@H](N2C=CCN(N)C2=O)[C@](C)(F)[C@@H]1O. The minimum atomic E-state index is -2.64. The fourth-order valence-electron chi connectivity index (χ4n) is 3.38. The third-order valence-electron chi connectivity index (χ3n) is 5.24. The summed E-state index contributed by atoms with van der Waals surface area (Å²) >= 11 is 0. The van der Waals surface area contributed by atoms with Crippen LogP contribution in [0.1, 0.15) is 13.8 Å². The molecule has 2 heterocycles. The number of methoxy groups -OCH3 is 1. The minimum Gasteiger partial charge on any atom is -0.575 e. The lowest BCUT2D eigenvalue weighted by molar-refractivity contribution is -0.169. The van der Waals surface area contributed by atoms with Crippen molar-refractivity contribution in [3.05, 3.63) is 36.5 Å². The molecular weight excluding hydrogens is 474 g/mol. The van der Waals surface area contributed by atoms with E-state index in [-0.39, 0.29) is 24.7 Å². The number of amides is 2. The van der Waals surface area contributed by atoms with Crippen LogP contribution in [-0.4, -0.2) is 77.4 Å². The number of aliphatic hydroxyl groups excluding tert-OH is 1. The fourth-order valence-corrected chi connectivity index (χ4v) is 4.12. The Labute approximate surface area is 196 Å². The van der Waals surface area contributed by atoms with Crippen LogP contribution in [0, 0.1) is 0 Å². The highest BCUT2D eigenvalue weighted by molar-refractivity contribution is 7.34. The number of alkyl halides is 1. The first-order valence-electron chi connectivity index (χ1n) is 10.3. The van der Waals surface area contributed by atoms with Gasteiger partial charge < -0.3 is 24.2 Å². The molecular formula is C20H26FN4O8P. The molecule has 12 nitrogen and oxygen atoms in total. The van der Waals surface area contributed by atoms with Crippen molar-refractivity contribution in [3.63, 3.8) is 0 Å². The van der Waals surface area contributed by atoms with E-state index >= 15 is 4.39 Å². The van der Waals surface area contributed by atoms with Crippen molar-refractivity contribution in [2.45, 2.75) is 44.0 Å². The highest BCUT2D eigenvalue weighted by atomic mass is 31.1. The number of rotatable bonds is 8. The second-order valence-corrected chi connectivity index (χ2v) is 8.64. The molecule has 186 valence electrons. The Morgan fingerprint density at radius 3 is 2.82 bits per heavy atom. The molecule has 1 unspecified atom stereocenters. The van der Waals surface area contributed by atoms with Crippen molar-refractivity contribution in [1.82, 2.24) is 9.91 Å². The first-order valence-corrected chi connectivity index (χ1v) is 11.4. The average Bonchev–Trinajstić information content (AvgIpc) is 3.03. The number of hydrogen-bond acceptors (Lipinski definition) is 10. The number of urea groups is 1. The predicted octanol–water partition coefficient (Wildman–Crippen LogP) is 0.800. The van der Waals surface area contributed by atoms with Crippen molar-refractivity contribution < 1.29 is 42.7 Å². The summed E-state index contributed by atoms with van der Waals surface area (Å²) in [5.74, 6) is 5.09. The molecule has 0 aliphatic carbocycles. The van der Waals surface area contributed by atoms with Crippen molar-refractivity contribution >= 4 is 20.2 Å². The molecule has 6 atom stereocenters. The number of carbonyl (C=O) groups is 2. The molecule has 0 spiro atoms. The zero-order valence-electron chi connectivity index (χ0n) is 18.7. The Hall–Kier alpha value is -2.83. The van der Waals surface area contributed by atoms with Gasteiger partial charge in [0.1, 0.15) is 18.8 Å². The maximum Gasteiger partial charge on any atom is 0.395 e. The predicted molar refractivity (Wildman–Crippen MR) is 115 cm³/mol. The van der Waals surface area contributed by atoms with Crippen molar-refractivity contribution in [1.29, 1.82) is 0 Å². The Balaban J connectivity index is 1.69. The summed E-state index contributed by atoms with van der Waals surface area (Å²) < 4.78 is 40.2. The summed E-state index contributed by atoms with van der Waals surface area (Å²) in [7, 11) is -1.45. The molecule has 1 aromatic carbocycles. The number of nitrogens with zero attached hydrogens (tertiary/aromatic N) is 3. The maximum atomic E-state index is 15.4. The molecule has 14 heteroatoms. The highest BCUT2D eigenvalue weighted by Crippen LogP contribution is 2.39. The van der Waals surface area contributed by atoms with Gasteiger partial charge >= 0.3 is 20.2 Å². The second-order valence-electron chi connectivity index (χ2n) is 7.75. The van der Waals surface area contributed by atoms with Gasteiger partial charge in [-0.15, -0.1) is 0 Å². The molecule has 3 rings (SSSR count). The number of hydrazine groups is 1. The van der Waals surface area contributed by atoms with Crippen LogP contribution >= 0.6 is 8.17 Å². The summed E-state index contributed by atoms with van der Waals surface area (Å²) in [5.41, 5.74) is -2.32. The number of hydrogen-bond donors (Lipinski definition) is 2. The molecule has 34 heavy (non-hydrogen) atoms. The van der Waals surface area contributed by atoms with Crippen molar-refractivity contribution in [3.8, 4) is 11.5 Å². The van der Waals surface area contributed by atoms with Gasteiger partial charge in [0.05, 0.1) is 13.7 Å². The van der Waals surface area contributed by atoms with Crippen LogP contribution < -0.4 is 20.0 Å². The summed E-state index contributed by atoms with van der Waals surface area (Å²) in [5, 5.41) is 11.4. The van der Waals surface area contributed by atoms with Crippen molar-refractivity contribution in [2.24, 2.45) is 10.6 Å². The molecule has 1 aromatic rings. The van der Waals surface area contributed by atoms with Gasteiger partial charge in [0.2, 0.25) is 5.75 Å². The van der Waals surface area contributed by atoms with E-state index in [1.54, 1.807) is 18.2 Å². The first-order chi connectivity index (χ1) is 16.1. The third kappa shape index (κ3) is 5.45. The first kappa shape index (κ1) is 25.8. The van der Waals surface area contributed by atoms with Crippen LogP contribution in [0.2, 0.25) is 0 Å². The van der Waals surface area contributed by atoms with Crippen LogP contribution in [0.15, 0.2) is 41.3 Å². The number of aliphatic hydroxyl groups is 1. The number of para-hydroxylation sites is 2. The van der Waals surface area contributed by atoms with Crippen LogP contribution in [0.25, 0.3) is 0 Å². The monoisotopic (exact) mass is 500 g/mol. The Kier molecular flexibility index (Phi) is 8.05. The van der Waals surface area contributed by atoms with Gasteiger partial charge in [-0.3, -0.25) is 14.4 Å². The number of carbonyl (C=O) groups excluding carboxylic acids is 2. The standard InChI is InChI=1S/C20H26FN4O8P/c1-12(17(27)30-3)23-34(29)33-14-8-5-4-7-13(14)31-11-15-16(26)20(2,21)18(32-15)24-9-6-10-25(22)19(24)28/h4-9,12,15-16,18,26H,10-11,22H2,1-3H3/t12-,15+,16+,18+,20+/m0/s1. The van der Waals surface area contributed by atoms with Gasteiger partial charge in [0.15, 0.2) is 23.7 Å². The van der Waals surface area contributed by atoms with Gasteiger partial charge in [-0.05, 0) is 32.1 Å². The zero-order valence-corrected chi connectivity index (χ0v) is 19.6. The van der Waals surface area contributed by atoms with Gasteiger partial charge in [0, 0.05) is 6.20 Å². The van der Waals surface area contributed by atoms with E-state index in [9.17, 15) is 19.6 Å². The lowest BCUT2D eigenvalue weighted by atomic mass is 9.98. The van der Waals surface area contributed by atoms with E-state index in [0.29, 0.717) is 0 Å². The lowest BCUT2D eigenvalue weighted by Crippen LogP contribution is -2.56. The summed E-state index contributed by atoms with van der Waals surface area (Å²) in [6.07, 6.45) is -1.32. The van der Waals surface area contributed by atoms with Crippen LogP contribution in [0.3, 0.4) is 0 Å². The quantitative estimate of drug-likeness (QED) is 0.228. The van der Waals surface area contributed by atoms with E-state index in [1.807, 2.05) is 0 Å². The van der Waals surface area contributed by atoms with E-state index < -0.39 is 50.3 Å². The molecule has 1 saturated heterocycles. The Bertz CT molecular complexity index is 978.